The van der Waals surface area contributed by atoms with E-state index in [4.69, 9.17) is 9.88 Å². The van der Waals surface area contributed by atoms with E-state index in [9.17, 15) is 18.0 Å². The lowest BCUT2D eigenvalue weighted by Crippen LogP contribution is -2.31. The molecule has 0 aliphatic heterocycles. The van der Waals surface area contributed by atoms with Crippen LogP contribution in [0, 0.1) is 0 Å². The molecule has 1 amide bonds. The monoisotopic (exact) mass is 418 g/mol. The highest BCUT2D eigenvalue weighted by Crippen LogP contribution is 2.22. The largest absolute Gasteiger partial charge is 0.452 e. The quantitative estimate of drug-likeness (QED) is 0.700. The maximum atomic E-state index is 12.1. The van der Waals surface area contributed by atoms with E-state index in [1.165, 1.54) is 12.1 Å². The number of amides is 1. The van der Waals surface area contributed by atoms with Crippen LogP contribution in [-0.2, 0) is 25.0 Å². The molecule has 0 spiro atoms. The fourth-order valence-electron chi connectivity index (χ4n) is 2.63. The van der Waals surface area contributed by atoms with Crippen LogP contribution in [0.2, 0.25) is 0 Å². The SMILES string of the molecule is C[C@H](NC(=O)COC(=O)c1ccc(C(C)(C)C)cc1)c1ccc(S(N)(=O)=O)cc1. The standard InChI is InChI=1S/C21H26N2O5S/c1-14(15-7-11-18(12-8-15)29(22,26)27)23-19(24)13-28-20(25)16-5-9-17(10-6-16)21(2,3)4/h5-12,14H,13H2,1-4H3,(H,23,24)(H2,22,26,27)/t14-/m0/s1. The fraction of sp³-hybridized carbons (Fsp3) is 0.333. The van der Waals surface area contributed by atoms with E-state index in [2.05, 4.69) is 26.1 Å². The van der Waals surface area contributed by atoms with Crippen LogP contribution < -0.4 is 10.5 Å². The Kier molecular flexibility index (Phi) is 6.81. The number of ether oxygens (including phenoxy) is 1. The van der Waals surface area contributed by atoms with Gasteiger partial charge in [0.05, 0.1) is 16.5 Å². The van der Waals surface area contributed by atoms with Gasteiger partial charge in [-0.05, 0) is 47.7 Å². The van der Waals surface area contributed by atoms with Crippen molar-refractivity contribution in [1.29, 1.82) is 0 Å². The molecule has 2 rings (SSSR count). The average molecular weight is 419 g/mol. The summed E-state index contributed by atoms with van der Waals surface area (Å²) in [5.74, 6) is -1.04. The first-order valence-corrected chi connectivity index (χ1v) is 10.6. The second kappa shape index (κ2) is 8.75. The van der Waals surface area contributed by atoms with Gasteiger partial charge in [-0.1, -0.05) is 45.0 Å². The van der Waals surface area contributed by atoms with E-state index in [-0.39, 0.29) is 10.3 Å². The third-order valence-electron chi connectivity index (χ3n) is 4.41. The van der Waals surface area contributed by atoms with Gasteiger partial charge in [-0.2, -0.15) is 0 Å². The molecule has 0 aromatic heterocycles. The zero-order valence-electron chi connectivity index (χ0n) is 16.9. The number of carbonyl (C=O) groups is 2. The molecule has 7 nitrogen and oxygen atoms in total. The summed E-state index contributed by atoms with van der Waals surface area (Å²) in [6.45, 7) is 7.55. The minimum atomic E-state index is -3.77. The molecule has 0 aliphatic rings. The molecule has 0 saturated heterocycles. The molecule has 0 radical (unpaired) electrons. The molecule has 2 aromatic rings. The van der Waals surface area contributed by atoms with Crippen LogP contribution in [0.4, 0.5) is 0 Å². The van der Waals surface area contributed by atoms with Gasteiger partial charge in [0.1, 0.15) is 0 Å². The Labute approximate surface area is 171 Å². The molecule has 0 fully saturated rings. The summed E-state index contributed by atoms with van der Waals surface area (Å²) in [4.78, 5) is 24.2. The summed E-state index contributed by atoms with van der Waals surface area (Å²) in [5, 5.41) is 7.76. The van der Waals surface area contributed by atoms with Crippen molar-refractivity contribution in [1.82, 2.24) is 5.32 Å². The van der Waals surface area contributed by atoms with E-state index in [0.717, 1.165) is 5.56 Å². The Bertz CT molecular complexity index is 975. The number of sulfonamides is 1. The number of hydrogen-bond donors (Lipinski definition) is 2. The van der Waals surface area contributed by atoms with Gasteiger partial charge in [0.15, 0.2) is 6.61 Å². The highest BCUT2D eigenvalue weighted by Gasteiger charge is 2.16. The molecular formula is C21H26N2O5S. The van der Waals surface area contributed by atoms with Crippen molar-refractivity contribution in [2.75, 3.05) is 6.61 Å². The molecule has 0 saturated carbocycles. The molecule has 3 N–H and O–H groups in total. The zero-order valence-corrected chi connectivity index (χ0v) is 17.7. The van der Waals surface area contributed by atoms with E-state index < -0.39 is 34.5 Å². The Morgan fingerprint density at radius 2 is 1.59 bits per heavy atom. The predicted octanol–water partition coefficient (Wildman–Crippen LogP) is 2.67. The van der Waals surface area contributed by atoms with Gasteiger partial charge < -0.3 is 10.1 Å². The lowest BCUT2D eigenvalue weighted by Gasteiger charge is -2.19. The Balaban J connectivity index is 1.89. The lowest BCUT2D eigenvalue weighted by atomic mass is 9.87. The van der Waals surface area contributed by atoms with E-state index in [1.807, 2.05) is 12.1 Å². The normalized spacial score (nSPS) is 12.9. The molecule has 8 heteroatoms. The van der Waals surface area contributed by atoms with Gasteiger partial charge >= 0.3 is 5.97 Å². The van der Waals surface area contributed by atoms with Gasteiger partial charge in [0.25, 0.3) is 5.91 Å². The number of nitrogens with two attached hydrogens (primary N) is 1. The van der Waals surface area contributed by atoms with Crippen molar-refractivity contribution >= 4 is 21.9 Å². The minimum Gasteiger partial charge on any atom is -0.452 e. The summed E-state index contributed by atoms with van der Waals surface area (Å²) in [6.07, 6.45) is 0. The van der Waals surface area contributed by atoms with Crippen LogP contribution in [0.3, 0.4) is 0 Å². The lowest BCUT2D eigenvalue weighted by molar-refractivity contribution is -0.124. The highest BCUT2D eigenvalue weighted by molar-refractivity contribution is 7.89. The van der Waals surface area contributed by atoms with Crippen molar-refractivity contribution in [2.24, 2.45) is 5.14 Å². The number of esters is 1. The number of nitrogens with one attached hydrogen (secondary N) is 1. The van der Waals surface area contributed by atoms with E-state index >= 15 is 0 Å². The van der Waals surface area contributed by atoms with Crippen LogP contribution in [-0.4, -0.2) is 26.9 Å². The van der Waals surface area contributed by atoms with Crippen LogP contribution in [0.1, 0.15) is 55.2 Å². The molecular weight excluding hydrogens is 392 g/mol. The molecule has 0 bridgehead atoms. The molecule has 0 unspecified atom stereocenters. The van der Waals surface area contributed by atoms with Gasteiger partial charge in [0, 0.05) is 0 Å². The Morgan fingerprint density at radius 1 is 1.03 bits per heavy atom. The summed E-state index contributed by atoms with van der Waals surface area (Å²) in [6, 6.07) is 12.5. The smallest absolute Gasteiger partial charge is 0.338 e. The third-order valence-corrected chi connectivity index (χ3v) is 5.34. The second-order valence-corrected chi connectivity index (χ2v) is 9.37. The molecule has 0 aliphatic carbocycles. The van der Waals surface area contributed by atoms with Gasteiger partial charge in [-0.25, -0.2) is 18.4 Å². The summed E-state index contributed by atoms with van der Waals surface area (Å²) in [5.41, 5.74) is 2.13. The number of hydrogen-bond acceptors (Lipinski definition) is 5. The number of carbonyl (C=O) groups excluding carboxylic acids is 2. The maximum absolute atomic E-state index is 12.1. The average Bonchev–Trinajstić information content (AvgIpc) is 2.65. The predicted molar refractivity (Wildman–Crippen MR) is 110 cm³/mol. The molecule has 156 valence electrons. The van der Waals surface area contributed by atoms with E-state index in [0.29, 0.717) is 11.1 Å². The fourth-order valence-corrected chi connectivity index (χ4v) is 3.15. The van der Waals surface area contributed by atoms with Crippen molar-refractivity contribution in [3.63, 3.8) is 0 Å². The van der Waals surface area contributed by atoms with Crippen LogP contribution in [0.25, 0.3) is 0 Å². The van der Waals surface area contributed by atoms with Crippen molar-refractivity contribution in [3.05, 3.63) is 65.2 Å². The first-order chi connectivity index (χ1) is 13.4. The zero-order chi connectivity index (χ0) is 21.8. The van der Waals surface area contributed by atoms with Crippen molar-refractivity contribution < 1.29 is 22.7 Å². The van der Waals surface area contributed by atoms with Gasteiger partial charge in [-0.15, -0.1) is 0 Å². The highest BCUT2D eigenvalue weighted by atomic mass is 32.2. The van der Waals surface area contributed by atoms with Crippen molar-refractivity contribution in [3.8, 4) is 0 Å². The molecule has 1 atom stereocenters. The van der Waals surface area contributed by atoms with Crippen LogP contribution >= 0.6 is 0 Å². The van der Waals surface area contributed by atoms with Crippen LogP contribution in [0.15, 0.2) is 53.4 Å². The second-order valence-electron chi connectivity index (χ2n) is 7.81. The number of benzene rings is 2. The summed E-state index contributed by atoms with van der Waals surface area (Å²) in [7, 11) is -3.77. The first kappa shape index (κ1) is 22.6. The summed E-state index contributed by atoms with van der Waals surface area (Å²) < 4.78 is 27.6. The van der Waals surface area contributed by atoms with Crippen molar-refractivity contribution in [2.45, 2.75) is 44.0 Å². The first-order valence-electron chi connectivity index (χ1n) is 9.08. The molecule has 29 heavy (non-hydrogen) atoms. The molecule has 2 aromatic carbocycles. The van der Waals surface area contributed by atoms with Gasteiger partial charge in [-0.3, -0.25) is 4.79 Å². The third kappa shape index (κ3) is 6.40. The Hall–Kier alpha value is -2.71. The number of primary sulfonamides is 1. The van der Waals surface area contributed by atoms with Crippen LogP contribution in [0.5, 0.6) is 0 Å². The van der Waals surface area contributed by atoms with E-state index in [1.54, 1.807) is 31.2 Å². The molecule has 0 heterocycles. The topological polar surface area (TPSA) is 116 Å². The maximum Gasteiger partial charge on any atom is 0.338 e. The number of rotatable bonds is 6. The minimum absolute atomic E-state index is 0.00816. The summed E-state index contributed by atoms with van der Waals surface area (Å²) >= 11 is 0. The Morgan fingerprint density at radius 3 is 2.07 bits per heavy atom. The van der Waals surface area contributed by atoms with Gasteiger partial charge in [0.2, 0.25) is 10.0 Å².